The van der Waals surface area contributed by atoms with E-state index in [0.29, 0.717) is 0 Å². The van der Waals surface area contributed by atoms with Gasteiger partial charge in [-0.15, -0.1) is 0 Å². The minimum Gasteiger partial charge on any atom is -0.160 e. The first-order valence-electron chi connectivity index (χ1n) is 6.75. The molecule has 0 nitrogen and oxygen atoms in total. The molecule has 0 amide bonds. The Balaban J connectivity index is 2.46. The maximum Gasteiger partial charge on any atom is 0.0692 e. The highest BCUT2D eigenvalue weighted by Gasteiger charge is 2.24. The maximum absolute atomic E-state index is 4.41. The van der Waals surface area contributed by atoms with Crippen LogP contribution in [0.1, 0.15) is 45.3 Å². The molecule has 0 unspecified atom stereocenters. The van der Waals surface area contributed by atoms with Gasteiger partial charge in [-0.05, 0) is 22.3 Å². The van der Waals surface area contributed by atoms with E-state index in [1.807, 2.05) is 0 Å². The first kappa shape index (κ1) is 17.2. The highest BCUT2D eigenvalue weighted by atomic mass is 32.2. The maximum atomic E-state index is 4.41. The Kier molecular flexibility index (Phi) is 5.69. The zero-order valence-electron chi connectivity index (χ0n) is 12.1. The van der Waals surface area contributed by atoms with Crippen molar-refractivity contribution in [2.45, 2.75) is 28.4 Å². The summed E-state index contributed by atoms with van der Waals surface area (Å²) >= 11 is 17.6. The molecule has 0 bridgehead atoms. The van der Waals surface area contributed by atoms with Crippen LogP contribution >= 0.6 is 50.5 Å². The quantitative estimate of drug-likeness (QED) is 0.392. The second-order valence-electron chi connectivity index (χ2n) is 5.62. The molecule has 0 aliphatic carbocycles. The summed E-state index contributed by atoms with van der Waals surface area (Å²) in [5, 5.41) is 0. The summed E-state index contributed by atoms with van der Waals surface area (Å²) < 4.78 is -0.127. The van der Waals surface area contributed by atoms with Crippen molar-refractivity contribution in [2.24, 2.45) is 0 Å². The van der Waals surface area contributed by atoms with Crippen LogP contribution in [0.5, 0.6) is 0 Å². The standard InChI is InChI=1S/C17H20S4/c1-17(2,13-7-3-5-11(9-13)15(18)19)14-8-4-6-12(10-14)16(20)21/h3-10,15-16,18-21H,1-2H3. The Hall–Kier alpha value is -0.160. The van der Waals surface area contributed by atoms with Gasteiger partial charge in [0.1, 0.15) is 0 Å². The van der Waals surface area contributed by atoms with Crippen molar-refractivity contribution in [3.05, 3.63) is 70.8 Å². The fourth-order valence-corrected chi connectivity index (χ4v) is 2.99. The minimum atomic E-state index is -0.0983. The monoisotopic (exact) mass is 352 g/mol. The van der Waals surface area contributed by atoms with Crippen molar-refractivity contribution >= 4 is 50.5 Å². The van der Waals surface area contributed by atoms with Crippen LogP contribution in [-0.2, 0) is 5.41 Å². The summed E-state index contributed by atoms with van der Waals surface area (Å²) in [6.07, 6.45) is 0. The lowest BCUT2D eigenvalue weighted by Gasteiger charge is -2.27. The number of hydrogen-bond acceptors (Lipinski definition) is 4. The summed E-state index contributed by atoms with van der Waals surface area (Å²) in [6.45, 7) is 4.45. The van der Waals surface area contributed by atoms with Crippen molar-refractivity contribution in [2.75, 3.05) is 0 Å². The van der Waals surface area contributed by atoms with Crippen molar-refractivity contribution < 1.29 is 0 Å². The normalized spacial score (nSPS) is 12.2. The molecule has 0 aliphatic rings. The first-order valence-corrected chi connectivity index (χ1v) is 8.82. The largest absolute Gasteiger partial charge is 0.160 e. The molecule has 0 aromatic heterocycles. The van der Waals surface area contributed by atoms with Crippen molar-refractivity contribution in [1.29, 1.82) is 0 Å². The topological polar surface area (TPSA) is 0 Å². The summed E-state index contributed by atoms with van der Waals surface area (Å²) in [4.78, 5) is 0. The van der Waals surface area contributed by atoms with Crippen LogP contribution in [0.25, 0.3) is 0 Å². The van der Waals surface area contributed by atoms with Crippen molar-refractivity contribution in [3.63, 3.8) is 0 Å². The molecule has 0 spiro atoms. The highest BCUT2D eigenvalue weighted by Crippen LogP contribution is 2.36. The molecule has 0 N–H and O–H groups in total. The average molecular weight is 353 g/mol. The molecule has 4 heteroatoms. The molecule has 21 heavy (non-hydrogen) atoms. The number of thiol groups is 4. The summed E-state index contributed by atoms with van der Waals surface area (Å²) in [5.74, 6) is 0. The van der Waals surface area contributed by atoms with Crippen LogP contribution in [0.4, 0.5) is 0 Å². The predicted octanol–water partition coefficient (Wildman–Crippen LogP) is 5.73. The van der Waals surface area contributed by atoms with Gasteiger partial charge in [0.25, 0.3) is 0 Å². The van der Waals surface area contributed by atoms with Crippen LogP contribution in [0, 0.1) is 0 Å². The molecule has 2 aromatic carbocycles. The van der Waals surface area contributed by atoms with E-state index in [1.165, 1.54) is 11.1 Å². The fourth-order valence-electron chi connectivity index (χ4n) is 2.34. The molecule has 0 atom stereocenters. The van der Waals surface area contributed by atoms with Gasteiger partial charge in [0.2, 0.25) is 0 Å². The molecule has 0 saturated heterocycles. The Morgan fingerprint density at radius 2 is 1.10 bits per heavy atom. The Morgan fingerprint density at radius 3 is 1.43 bits per heavy atom. The summed E-state index contributed by atoms with van der Waals surface area (Å²) in [5.41, 5.74) is 4.63. The average Bonchev–Trinajstić information content (AvgIpc) is 2.47. The third-order valence-electron chi connectivity index (χ3n) is 3.81. The summed E-state index contributed by atoms with van der Waals surface area (Å²) in [6, 6.07) is 16.9. The fraction of sp³-hybridized carbons (Fsp3) is 0.294. The smallest absolute Gasteiger partial charge is 0.0692 e. The van der Waals surface area contributed by atoms with Gasteiger partial charge in [-0.2, -0.15) is 50.5 Å². The van der Waals surface area contributed by atoms with E-state index in [9.17, 15) is 0 Å². The molecule has 0 aliphatic heterocycles. The number of hydrogen-bond donors (Lipinski definition) is 4. The van der Waals surface area contributed by atoms with E-state index in [4.69, 9.17) is 0 Å². The van der Waals surface area contributed by atoms with Gasteiger partial charge >= 0.3 is 0 Å². The molecule has 0 heterocycles. The molecule has 0 saturated carbocycles. The SMILES string of the molecule is CC(C)(c1cccc(C(S)S)c1)c1cccc(C(S)S)c1. The Morgan fingerprint density at radius 1 is 0.714 bits per heavy atom. The predicted molar refractivity (Wildman–Crippen MR) is 106 cm³/mol. The van der Waals surface area contributed by atoms with Crippen LogP contribution in [-0.4, -0.2) is 0 Å². The van der Waals surface area contributed by atoms with Gasteiger partial charge in [-0.1, -0.05) is 62.4 Å². The zero-order valence-corrected chi connectivity index (χ0v) is 15.6. The lowest BCUT2D eigenvalue weighted by molar-refractivity contribution is 0.639. The van der Waals surface area contributed by atoms with Gasteiger partial charge in [-0.25, -0.2) is 0 Å². The Bertz CT molecular complexity index is 564. The van der Waals surface area contributed by atoms with Gasteiger partial charge < -0.3 is 0 Å². The molecule has 112 valence electrons. The van der Waals surface area contributed by atoms with E-state index < -0.39 is 0 Å². The summed E-state index contributed by atoms with van der Waals surface area (Å²) in [7, 11) is 0. The number of benzene rings is 2. The molecule has 2 aromatic rings. The first-order chi connectivity index (χ1) is 9.82. The van der Waals surface area contributed by atoms with Crippen molar-refractivity contribution in [3.8, 4) is 0 Å². The van der Waals surface area contributed by atoms with E-state index in [1.54, 1.807) is 0 Å². The lowest BCUT2D eigenvalue weighted by Crippen LogP contribution is -2.19. The zero-order chi connectivity index (χ0) is 15.6. The van der Waals surface area contributed by atoms with E-state index in [0.717, 1.165) is 11.1 Å². The van der Waals surface area contributed by atoms with Gasteiger partial charge in [0.05, 0.1) is 9.16 Å². The van der Waals surface area contributed by atoms with Gasteiger partial charge in [0.15, 0.2) is 0 Å². The second kappa shape index (κ2) is 6.95. The third-order valence-corrected chi connectivity index (χ3v) is 5.01. The molecular weight excluding hydrogens is 332 g/mol. The molecular formula is C17H20S4. The van der Waals surface area contributed by atoms with Gasteiger partial charge in [0, 0.05) is 5.41 Å². The molecule has 2 rings (SSSR count). The van der Waals surface area contributed by atoms with Gasteiger partial charge in [-0.3, -0.25) is 0 Å². The van der Waals surface area contributed by atoms with Crippen LogP contribution in [0.2, 0.25) is 0 Å². The molecule has 0 fully saturated rings. The Labute approximate surface area is 149 Å². The molecule has 0 radical (unpaired) electrons. The van der Waals surface area contributed by atoms with E-state index in [2.05, 4.69) is 113 Å². The van der Waals surface area contributed by atoms with E-state index in [-0.39, 0.29) is 14.6 Å². The van der Waals surface area contributed by atoms with Crippen LogP contribution in [0.15, 0.2) is 48.5 Å². The third kappa shape index (κ3) is 3.98. The second-order valence-corrected chi connectivity index (χ2v) is 8.50. The lowest BCUT2D eigenvalue weighted by atomic mass is 9.77. The van der Waals surface area contributed by atoms with Crippen LogP contribution in [0.3, 0.4) is 0 Å². The van der Waals surface area contributed by atoms with Crippen molar-refractivity contribution in [1.82, 2.24) is 0 Å². The minimum absolute atomic E-state index is 0.0636. The number of rotatable bonds is 4. The van der Waals surface area contributed by atoms with E-state index >= 15 is 0 Å². The highest BCUT2D eigenvalue weighted by molar-refractivity contribution is 7.98. The van der Waals surface area contributed by atoms with Crippen LogP contribution < -0.4 is 0 Å².